The van der Waals surface area contributed by atoms with Gasteiger partial charge in [0.2, 0.25) is 0 Å². The predicted molar refractivity (Wildman–Crippen MR) is 99.6 cm³/mol. The number of rotatable bonds is 5. The van der Waals surface area contributed by atoms with Crippen molar-refractivity contribution >= 4 is 5.91 Å². The standard InChI is InChI=1S/C19H19F3N6O2/c1-30-15-5-3-2-4-12(15)13-9-14(25-24-13)18(29)23-10-17-27-26-16-8-11(19(20,21)22)6-7-28(16)17/h2-5,9,11H,6-8,10H2,1H3,(H,23,29)(H,24,25)/t11-/m0/s1. The molecule has 2 N–H and O–H groups in total. The Hall–Kier alpha value is -3.37. The molecule has 158 valence electrons. The molecule has 2 aromatic heterocycles. The van der Waals surface area contributed by atoms with E-state index < -0.39 is 18.0 Å². The first-order valence-corrected chi connectivity index (χ1v) is 9.31. The number of nitrogens with one attached hydrogen (secondary N) is 2. The largest absolute Gasteiger partial charge is 0.496 e. The van der Waals surface area contributed by atoms with Crippen molar-refractivity contribution in [3.05, 3.63) is 47.7 Å². The fraction of sp³-hybridized carbons (Fsp3) is 0.368. The van der Waals surface area contributed by atoms with Crippen LogP contribution in [0.3, 0.4) is 0 Å². The first-order valence-electron chi connectivity index (χ1n) is 9.31. The van der Waals surface area contributed by atoms with Crippen LogP contribution in [0.15, 0.2) is 30.3 Å². The molecule has 8 nitrogen and oxygen atoms in total. The highest BCUT2D eigenvalue weighted by Crippen LogP contribution is 2.34. The molecule has 0 saturated heterocycles. The predicted octanol–water partition coefficient (Wildman–Crippen LogP) is 2.73. The molecule has 0 radical (unpaired) electrons. The Morgan fingerprint density at radius 2 is 2.13 bits per heavy atom. The summed E-state index contributed by atoms with van der Waals surface area (Å²) in [7, 11) is 1.55. The van der Waals surface area contributed by atoms with E-state index in [4.69, 9.17) is 4.74 Å². The average molecular weight is 420 g/mol. The van der Waals surface area contributed by atoms with E-state index in [1.807, 2.05) is 18.2 Å². The molecule has 4 rings (SSSR count). The second-order valence-corrected chi connectivity index (χ2v) is 6.97. The lowest BCUT2D eigenvalue weighted by molar-refractivity contribution is -0.179. The summed E-state index contributed by atoms with van der Waals surface area (Å²) in [4.78, 5) is 12.5. The maximum Gasteiger partial charge on any atom is 0.392 e. The van der Waals surface area contributed by atoms with Gasteiger partial charge in [-0.15, -0.1) is 10.2 Å². The minimum absolute atomic E-state index is 0.0295. The van der Waals surface area contributed by atoms with Crippen molar-refractivity contribution in [2.24, 2.45) is 5.92 Å². The van der Waals surface area contributed by atoms with E-state index in [2.05, 4.69) is 25.7 Å². The summed E-state index contributed by atoms with van der Waals surface area (Å²) in [5, 5.41) is 17.3. The van der Waals surface area contributed by atoms with Crippen LogP contribution in [-0.4, -0.2) is 44.2 Å². The van der Waals surface area contributed by atoms with Crippen LogP contribution >= 0.6 is 0 Å². The Balaban J connectivity index is 1.42. The molecule has 1 aliphatic heterocycles. The van der Waals surface area contributed by atoms with Crippen LogP contribution in [0.4, 0.5) is 13.2 Å². The molecular weight excluding hydrogens is 401 g/mol. The first kappa shape index (κ1) is 19.9. The van der Waals surface area contributed by atoms with Crippen molar-refractivity contribution in [1.29, 1.82) is 0 Å². The summed E-state index contributed by atoms with van der Waals surface area (Å²) < 4.78 is 45.7. The summed E-state index contributed by atoms with van der Waals surface area (Å²) in [6.07, 6.45) is -4.48. The van der Waals surface area contributed by atoms with E-state index in [1.54, 1.807) is 23.8 Å². The summed E-state index contributed by atoms with van der Waals surface area (Å²) >= 11 is 0. The van der Waals surface area contributed by atoms with Crippen LogP contribution in [-0.2, 0) is 19.5 Å². The molecule has 0 saturated carbocycles. The van der Waals surface area contributed by atoms with Crippen molar-refractivity contribution < 1.29 is 22.7 Å². The summed E-state index contributed by atoms with van der Waals surface area (Å²) in [5.74, 6) is -0.487. The van der Waals surface area contributed by atoms with Gasteiger partial charge in [-0.2, -0.15) is 18.3 Å². The number of aromatic amines is 1. The number of ether oxygens (including phenoxy) is 1. The Morgan fingerprint density at radius 1 is 1.33 bits per heavy atom. The van der Waals surface area contributed by atoms with Gasteiger partial charge in [0.05, 0.1) is 25.3 Å². The second kappa shape index (κ2) is 7.81. The topological polar surface area (TPSA) is 97.7 Å². The molecule has 0 bridgehead atoms. The molecule has 30 heavy (non-hydrogen) atoms. The van der Waals surface area contributed by atoms with Gasteiger partial charge in [0, 0.05) is 18.5 Å². The summed E-state index contributed by atoms with van der Waals surface area (Å²) in [6, 6.07) is 8.89. The Labute approximate surface area is 169 Å². The normalized spacial score (nSPS) is 16.2. The van der Waals surface area contributed by atoms with Gasteiger partial charge < -0.3 is 14.6 Å². The van der Waals surface area contributed by atoms with Gasteiger partial charge in [0.25, 0.3) is 5.91 Å². The molecule has 0 spiro atoms. The van der Waals surface area contributed by atoms with E-state index in [-0.39, 0.29) is 37.4 Å². The fourth-order valence-corrected chi connectivity index (χ4v) is 3.49. The molecule has 1 aromatic carbocycles. The van der Waals surface area contributed by atoms with Crippen LogP contribution in [0.1, 0.15) is 28.6 Å². The van der Waals surface area contributed by atoms with Crippen LogP contribution in [0.5, 0.6) is 5.75 Å². The molecule has 1 atom stereocenters. The number of fused-ring (bicyclic) bond motifs is 1. The molecule has 1 amide bonds. The molecule has 1 aliphatic rings. The number of carbonyl (C=O) groups is 1. The molecule has 0 fully saturated rings. The molecule has 3 aromatic rings. The zero-order valence-electron chi connectivity index (χ0n) is 16.0. The number of amides is 1. The van der Waals surface area contributed by atoms with E-state index in [0.29, 0.717) is 17.3 Å². The summed E-state index contributed by atoms with van der Waals surface area (Å²) in [6.45, 7) is 0.214. The Morgan fingerprint density at radius 3 is 2.90 bits per heavy atom. The van der Waals surface area contributed by atoms with E-state index >= 15 is 0 Å². The van der Waals surface area contributed by atoms with E-state index in [0.717, 1.165) is 5.56 Å². The first-order chi connectivity index (χ1) is 14.4. The van der Waals surface area contributed by atoms with Gasteiger partial charge in [-0.05, 0) is 24.6 Å². The van der Waals surface area contributed by atoms with Gasteiger partial charge in [-0.25, -0.2) is 0 Å². The van der Waals surface area contributed by atoms with Crippen LogP contribution in [0.2, 0.25) is 0 Å². The number of benzene rings is 1. The van der Waals surface area contributed by atoms with Gasteiger partial charge in [-0.1, -0.05) is 12.1 Å². The lowest BCUT2D eigenvalue weighted by atomic mass is 9.97. The van der Waals surface area contributed by atoms with Crippen molar-refractivity contribution in [2.75, 3.05) is 7.11 Å². The number of alkyl halides is 3. The third-order valence-electron chi connectivity index (χ3n) is 5.11. The number of H-pyrrole nitrogens is 1. The number of hydrogen-bond donors (Lipinski definition) is 2. The number of para-hydroxylation sites is 1. The number of nitrogens with zero attached hydrogens (tertiary/aromatic N) is 4. The SMILES string of the molecule is COc1ccccc1-c1cc(C(=O)NCc2nnc3n2CC[C@H](C(F)(F)F)C3)[nH]n1. The zero-order valence-corrected chi connectivity index (χ0v) is 16.0. The minimum Gasteiger partial charge on any atom is -0.496 e. The van der Waals surface area contributed by atoms with Crippen molar-refractivity contribution in [3.8, 4) is 17.0 Å². The fourth-order valence-electron chi connectivity index (χ4n) is 3.49. The highest BCUT2D eigenvalue weighted by Gasteiger charge is 2.42. The summed E-state index contributed by atoms with van der Waals surface area (Å²) in [5.41, 5.74) is 1.53. The van der Waals surface area contributed by atoms with Crippen LogP contribution in [0, 0.1) is 5.92 Å². The molecular formula is C19H19F3N6O2. The maximum atomic E-state index is 12.9. The molecule has 0 aliphatic carbocycles. The van der Waals surface area contributed by atoms with E-state index in [9.17, 15) is 18.0 Å². The number of carbonyl (C=O) groups excluding carboxylic acids is 1. The smallest absolute Gasteiger partial charge is 0.392 e. The van der Waals surface area contributed by atoms with Crippen molar-refractivity contribution in [2.45, 2.75) is 32.1 Å². The van der Waals surface area contributed by atoms with Gasteiger partial charge in [0.1, 0.15) is 17.3 Å². The quantitative estimate of drug-likeness (QED) is 0.662. The number of hydrogen-bond acceptors (Lipinski definition) is 5. The van der Waals surface area contributed by atoms with Gasteiger partial charge in [-0.3, -0.25) is 9.89 Å². The van der Waals surface area contributed by atoms with Gasteiger partial charge in [0.15, 0.2) is 5.82 Å². The number of aromatic nitrogens is 5. The number of methoxy groups -OCH3 is 1. The van der Waals surface area contributed by atoms with Crippen LogP contribution in [0.25, 0.3) is 11.3 Å². The maximum absolute atomic E-state index is 12.9. The lowest BCUT2D eigenvalue weighted by Crippen LogP contribution is -2.32. The van der Waals surface area contributed by atoms with Crippen molar-refractivity contribution in [3.63, 3.8) is 0 Å². The van der Waals surface area contributed by atoms with E-state index in [1.165, 1.54) is 0 Å². The Bertz CT molecular complexity index is 1060. The average Bonchev–Trinajstić information content (AvgIpc) is 3.38. The zero-order chi connectivity index (χ0) is 21.3. The molecule has 11 heteroatoms. The van der Waals surface area contributed by atoms with Gasteiger partial charge >= 0.3 is 6.18 Å². The van der Waals surface area contributed by atoms with Crippen molar-refractivity contribution in [1.82, 2.24) is 30.3 Å². The monoisotopic (exact) mass is 420 g/mol. The third-order valence-corrected chi connectivity index (χ3v) is 5.11. The van der Waals surface area contributed by atoms with Crippen LogP contribution < -0.4 is 10.1 Å². The molecule has 0 unspecified atom stereocenters. The molecule has 3 heterocycles. The highest BCUT2D eigenvalue weighted by molar-refractivity contribution is 5.93. The third kappa shape index (κ3) is 3.87. The Kier molecular flexibility index (Phi) is 5.18. The minimum atomic E-state index is -4.24. The lowest BCUT2D eigenvalue weighted by Gasteiger charge is -2.25. The highest BCUT2D eigenvalue weighted by atomic mass is 19.4. The number of halogens is 3. The second-order valence-electron chi connectivity index (χ2n) is 6.97.